The number of benzene rings is 2. The van der Waals surface area contributed by atoms with Crippen LogP contribution in [0, 0.1) is 0 Å². The first kappa shape index (κ1) is 24.4. The molecule has 0 saturated carbocycles. The summed E-state index contributed by atoms with van der Waals surface area (Å²) in [4.78, 5) is 49.6. The molecule has 5 aromatic rings. The quantitative estimate of drug-likeness (QED) is 0.311. The Labute approximate surface area is 209 Å². The Morgan fingerprint density at radius 3 is 2.63 bits per heavy atom. The monoisotopic (exact) mass is 524 g/mol. The zero-order valence-electron chi connectivity index (χ0n) is 19.0. The van der Waals surface area contributed by atoms with Gasteiger partial charge in [0.15, 0.2) is 12.4 Å². The molecule has 0 spiro atoms. The molecule has 0 saturated heterocycles. The highest BCUT2D eigenvalue weighted by molar-refractivity contribution is 5.98. The summed E-state index contributed by atoms with van der Waals surface area (Å²) >= 11 is 0. The Balaban J connectivity index is 1.46. The van der Waals surface area contributed by atoms with Crippen molar-refractivity contribution in [2.24, 2.45) is 0 Å². The molecule has 14 heteroatoms. The largest absolute Gasteiger partial charge is 0.476 e. The van der Waals surface area contributed by atoms with E-state index in [1.165, 1.54) is 18.6 Å². The van der Waals surface area contributed by atoms with Crippen LogP contribution in [-0.2, 0) is 17.5 Å². The lowest BCUT2D eigenvalue weighted by Gasteiger charge is -2.17. The minimum absolute atomic E-state index is 0.0625. The van der Waals surface area contributed by atoms with E-state index in [-0.39, 0.29) is 16.9 Å². The number of hydrogen-bond acceptors (Lipinski definition) is 7. The number of rotatable bonds is 5. The Morgan fingerprint density at radius 2 is 1.87 bits per heavy atom. The Morgan fingerprint density at radius 1 is 1.08 bits per heavy atom. The molecular formula is C24H15F3N6O5. The van der Waals surface area contributed by atoms with Gasteiger partial charge in [0.2, 0.25) is 5.69 Å². The van der Waals surface area contributed by atoms with Gasteiger partial charge in [-0.3, -0.25) is 15.1 Å². The summed E-state index contributed by atoms with van der Waals surface area (Å²) in [6, 6.07) is 10.2. The number of H-pyrrole nitrogens is 1. The predicted octanol–water partition coefficient (Wildman–Crippen LogP) is 4.12. The molecule has 0 atom stereocenters. The fraction of sp³-hybridized carbons (Fsp3) is 0.0833. The van der Waals surface area contributed by atoms with Gasteiger partial charge in [-0.1, -0.05) is 18.2 Å². The SMILES string of the molecule is O=C(Nc1ccnc2ccccc12)OCc1nccn1-c1cc2nc(C(=O)O)c(=O)[nH]c2cc1C(F)(F)F. The number of para-hydroxylation sites is 1. The van der Waals surface area contributed by atoms with Crippen LogP contribution in [0.25, 0.3) is 27.6 Å². The van der Waals surface area contributed by atoms with E-state index < -0.39 is 47.3 Å². The van der Waals surface area contributed by atoms with Crippen LogP contribution in [0.2, 0.25) is 0 Å². The third-order valence-corrected chi connectivity index (χ3v) is 5.51. The van der Waals surface area contributed by atoms with Gasteiger partial charge in [0.25, 0.3) is 5.56 Å². The van der Waals surface area contributed by atoms with Crippen molar-refractivity contribution in [2.75, 3.05) is 5.32 Å². The number of ether oxygens (including phenoxy) is 1. The number of nitrogens with one attached hydrogen (secondary N) is 2. The molecule has 3 N–H and O–H groups in total. The van der Waals surface area contributed by atoms with Gasteiger partial charge in [-0.2, -0.15) is 13.2 Å². The van der Waals surface area contributed by atoms with E-state index in [9.17, 15) is 27.6 Å². The summed E-state index contributed by atoms with van der Waals surface area (Å²) in [7, 11) is 0. The second-order valence-corrected chi connectivity index (χ2v) is 7.89. The number of aromatic amines is 1. The van der Waals surface area contributed by atoms with Crippen LogP contribution in [0.15, 0.2) is 65.8 Å². The van der Waals surface area contributed by atoms with Crippen molar-refractivity contribution in [3.8, 4) is 5.69 Å². The van der Waals surface area contributed by atoms with E-state index in [1.54, 1.807) is 30.3 Å². The maximum atomic E-state index is 14.0. The van der Waals surface area contributed by atoms with Crippen LogP contribution >= 0.6 is 0 Å². The van der Waals surface area contributed by atoms with Gasteiger partial charge < -0.3 is 19.4 Å². The van der Waals surface area contributed by atoms with Crippen LogP contribution in [0.4, 0.5) is 23.7 Å². The molecule has 0 aliphatic rings. The molecule has 1 amide bonds. The number of nitrogens with zero attached hydrogens (tertiary/aromatic N) is 4. The third-order valence-electron chi connectivity index (χ3n) is 5.51. The number of imidazole rings is 1. The number of carboxylic acid groups (broad SMARTS) is 1. The van der Waals surface area contributed by atoms with Crippen molar-refractivity contribution < 1.29 is 32.6 Å². The lowest BCUT2D eigenvalue weighted by Crippen LogP contribution is -2.21. The van der Waals surface area contributed by atoms with Gasteiger partial charge in [-0.15, -0.1) is 0 Å². The summed E-state index contributed by atoms with van der Waals surface area (Å²) in [5, 5.41) is 12.4. The summed E-state index contributed by atoms with van der Waals surface area (Å²) in [6.07, 6.45) is -1.82. The normalized spacial score (nSPS) is 11.6. The number of carboxylic acids is 1. The van der Waals surface area contributed by atoms with Crippen LogP contribution in [0.3, 0.4) is 0 Å². The van der Waals surface area contributed by atoms with E-state index in [0.29, 0.717) is 22.7 Å². The number of halogens is 3. The molecule has 0 unspecified atom stereocenters. The number of alkyl halides is 3. The number of aromatic carboxylic acids is 1. The topological polar surface area (TPSA) is 152 Å². The number of hydrogen-bond donors (Lipinski definition) is 3. The molecule has 3 heterocycles. The second kappa shape index (κ2) is 9.31. The first-order chi connectivity index (χ1) is 18.1. The number of aromatic nitrogens is 5. The van der Waals surface area contributed by atoms with Crippen molar-refractivity contribution in [2.45, 2.75) is 12.8 Å². The molecule has 0 bridgehead atoms. The Bertz CT molecular complexity index is 1770. The van der Waals surface area contributed by atoms with E-state index in [2.05, 4.69) is 25.3 Å². The second-order valence-electron chi connectivity index (χ2n) is 7.89. The molecule has 192 valence electrons. The summed E-state index contributed by atoms with van der Waals surface area (Å²) < 4.78 is 48.1. The smallest absolute Gasteiger partial charge is 0.418 e. The van der Waals surface area contributed by atoms with Gasteiger partial charge in [-0.05, 0) is 24.3 Å². The number of anilines is 1. The molecule has 2 aromatic carbocycles. The van der Waals surface area contributed by atoms with Gasteiger partial charge in [-0.25, -0.2) is 19.6 Å². The molecule has 11 nitrogen and oxygen atoms in total. The number of carbonyl (C=O) groups excluding carboxylic acids is 1. The Kier molecular flexibility index (Phi) is 5.98. The average molecular weight is 524 g/mol. The fourth-order valence-electron chi connectivity index (χ4n) is 3.84. The lowest BCUT2D eigenvalue weighted by atomic mass is 10.1. The van der Waals surface area contributed by atoms with Gasteiger partial charge in [0, 0.05) is 24.0 Å². The van der Waals surface area contributed by atoms with Crippen molar-refractivity contribution >= 4 is 39.7 Å². The maximum absolute atomic E-state index is 14.0. The first-order valence-electron chi connectivity index (χ1n) is 10.8. The van der Waals surface area contributed by atoms with Crippen molar-refractivity contribution in [1.29, 1.82) is 0 Å². The zero-order chi connectivity index (χ0) is 27.0. The van der Waals surface area contributed by atoms with Crippen LogP contribution in [-0.4, -0.2) is 41.7 Å². The minimum atomic E-state index is -4.87. The van der Waals surface area contributed by atoms with E-state index in [1.807, 2.05) is 0 Å². The third kappa shape index (κ3) is 4.61. The first-order valence-corrected chi connectivity index (χ1v) is 10.8. The van der Waals surface area contributed by atoms with Crippen molar-refractivity contribution in [1.82, 2.24) is 24.5 Å². The lowest BCUT2D eigenvalue weighted by molar-refractivity contribution is -0.137. The summed E-state index contributed by atoms with van der Waals surface area (Å²) in [5.41, 5.74) is -3.08. The van der Waals surface area contributed by atoms with Gasteiger partial charge >= 0.3 is 18.2 Å². The molecule has 0 aliphatic heterocycles. The summed E-state index contributed by atoms with van der Waals surface area (Å²) in [5.74, 6) is -1.70. The Hall–Kier alpha value is -5.27. The highest BCUT2D eigenvalue weighted by Gasteiger charge is 2.35. The average Bonchev–Trinajstić information content (AvgIpc) is 3.34. The molecule has 5 rings (SSSR count). The number of amides is 1. The number of fused-ring (bicyclic) bond motifs is 2. The molecule has 38 heavy (non-hydrogen) atoms. The molecule has 0 fully saturated rings. The predicted molar refractivity (Wildman–Crippen MR) is 127 cm³/mol. The minimum Gasteiger partial charge on any atom is -0.476 e. The standard InChI is InChI=1S/C24H15F3N6O5/c25-24(26,27)13-9-16-17(30-20(22(35)36)21(34)31-16)10-18(13)33-8-7-29-19(33)11-38-23(37)32-15-5-6-28-14-4-2-1-3-12(14)15/h1-10H,11H2,(H,31,34)(H,35,36)(H,28,32,37). The highest BCUT2D eigenvalue weighted by Crippen LogP contribution is 2.36. The van der Waals surface area contributed by atoms with Crippen molar-refractivity contribution in [3.63, 3.8) is 0 Å². The van der Waals surface area contributed by atoms with Crippen LogP contribution in [0.1, 0.15) is 21.9 Å². The summed E-state index contributed by atoms with van der Waals surface area (Å²) in [6.45, 7) is -0.503. The van der Waals surface area contributed by atoms with Gasteiger partial charge in [0.05, 0.1) is 33.5 Å². The van der Waals surface area contributed by atoms with E-state index >= 15 is 0 Å². The van der Waals surface area contributed by atoms with Crippen LogP contribution < -0.4 is 10.9 Å². The van der Waals surface area contributed by atoms with Gasteiger partial charge in [0.1, 0.15) is 0 Å². The van der Waals surface area contributed by atoms with Crippen LogP contribution in [0.5, 0.6) is 0 Å². The maximum Gasteiger partial charge on any atom is 0.418 e. The molecule has 0 aliphatic carbocycles. The highest BCUT2D eigenvalue weighted by atomic mass is 19.4. The molecule has 3 aromatic heterocycles. The van der Waals surface area contributed by atoms with E-state index in [0.717, 1.165) is 10.6 Å². The molecular weight excluding hydrogens is 509 g/mol. The number of pyridine rings is 1. The zero-order valence-corrected chi connectivity index (χ0v) is 19.0. The van der Waals surface area contributed by atoms with Crippen molar-refractivity contribution in [3.05, 3.63) is 88.5 Å². The molecule has 0 radical (unpaired) electrons. The fourth-order valence-corrected chi connectivity index (χ4v) is 3.84. The number of carbonyl (C=O) groups is 2. The van der Waals surface area contributed by atoms with E-state index in [4.69, 9.17) is 9.84 Å².